The summed E-state index contributed by atoms with van der Waals surface area (Å²) in [6, 6.07) is -1.49. The summed E-state index contributed by atoms with van der Waals surface area (Å²) in [5.74, 6) is -1.82. The maximum atomic E-state index is 12.7. The SMILES string of the molecule is CC/C=C\C/C=C\C/C=C\C/C=C\C/C=C\C/C=C\CCCCCOCC(COP(=O)(O)OCC(N)C(=O)O)OC(=O)CCCCCCCC/C=C\C/C=C\C/C=C\CCCCCCC. The number of carbonyl (C=O) groups is 2. The van der Waals surface area contributed by atoms with E-state index in [2.05, 4.69) is 123 Å². The fraction of sp³-hybridized carbons (Fsp3) is 0.630. The van der Waals surface area contributed by atoms with Gasteiger partial charge in [-0.15, -0.1) is 0 Å². The molecule has 0 aromatic carbocycles. The van der Waals surface area contributed by atoms with E-state index < -0.39 is 45.1 Å². The lowest BCUT2D eigenvalue weighted by Crippen LogP contribution is -2.34. The van der Waals surface area contributed by atoms with E-state index in [0.29, 0.717) is 13.0 Å². The van der Waals surface area contributed by atoms with Gasteiger partial charge < -0.3 is 25.2 Å². The minimum Gasteiger partial charge on any atom is -0.480 e. The molecule has 65 heavy (non-hydrogen) atoms. The second kappa shape index (κ2) is 48.6. The fourth-order valence-corrected chi connectivity index (χ4v) is 6.98. The molecule has 3 unspecified atom stereocenters. The van der Waals surface area contributed by atoms with Gasteiger partial charge in [-0.1, -0.05) is 181 Å². The molecule has 11 heteroatoms. The number of unbranched alkanes of at least 4 members (excludes halogenated alkanes) is 14. The van der Waals surface area contributed by atoms with Gasteiger partial charge in [0.1, 0.15) is 12.1 Å². The van der Waals surface area contributed by atoms with E-state index in [4.69, 9.17) is 29.4 Å². The Balaban J connectivity index is 4.31. The van der Waals surface area contributed by atoms with Gasteiger partial charge in [-0.3, -0.25) is 18.6 Å². The van der Waals surface area contributed by atoms with Gasteiger partial charge in [0.15, 0.2) is 0 Å². The van der Waals surface area contributed by atoms with Crippen LogP contribution in [-0.2, 0) is 32.7 Å². The van der Waals surface area contributed by atoms with Crippen molar-refractivity contribution in [2.24, 2.45) is 5.73 Å². The molecule has 0 rings (SSSR count). The Kier molecular flexibility index (Phi) is 46.0. The predicted molar refractivity (Wildman–Crippen MR) is 272 cm³/mol. The van der Waals surface area contributed by atoms with Crippen molar-refractivity contribution in [1.29, 1.82) is 0 Å². The Bertz CT molecular complexity index is 1440. The molecule has 0 fully saturated rings. The number of phosphoric acid groups is 1. The van der Waals surface area contributed by atoms with Crippen LogP contribution in [0.25, 0.3) is 0 Å². The van der Waals surface area contributed by atoms with Gasteiger partial charge in [0.25, 0.3) is 0 Å². The number of allylic oxidation sites excluding steroid dienone is 18. The van der Waals surface area contributed by atoms with Crippen molar-refractivity contribution in [2.45, 2.75) is 193 Å². The third kappa shape index (κ3) is 48.4. The van der Waals surface area contributed by atoms with E-state index in [1.54, 1.807) is 0 Å². The van der Waals surface area contributed by atoms with Crippen LogP contribution in [0, 0.1) is 0 Å². The first-order chi connectivity index (χ1) is 31.7. The molecule has 370 valence electrons. The van der Waals surface area contributed by atoms with Crippen LogP contribution in [0.3, 0.4) is 0 Å². The standard InChI is InChI=1S/C54H90NO9P/c1-3-5-7-9-11-13-15-17-19-21-23-25-27-29-31-33-35-37-39-41-43-45-47-61-48-51(49-62-65(59,60)63-50-52(55)54(57)58)64-53(56)46-44-42-40-38-36-34-32-30-28-26-24-22-20-18-16-14-12-10-8-6-4-2/h5,7,11,13,16-19,22-25,28-31,35,37,51-52H,3-4,6,8-10,12,14-15,20-21,26-27,32-34,36,38-50,55H2,1-2H3,(H,57,58)(H,59,60)/b7-5-,13-11-,18-16-,19-17-,24-22-,25-23-,30-28-,31-29-,37-35-. The van der Waals surface area contributed by atoms with Crippen molar-refractivity contribution < 1.29 is 42.7 Å². The first kappa shape index (κ1) is 61.6. The molecule has 0 aliphatic heterocycles. The maximum absolute atomic E-state index is 12.7. The van der Waals surface area contributed by atoms with Crippen LogP contribution in [0.5, 0.6) is 0 Å². The van der Waals surface area contributed by atoms with Gasteiger partial charge in [-0.2, -0.15) is 0 Å². The molecule has 0 bridgehead atoms. The second-order valence-electron chi connectivity index (χ2n) is 16.2. The summed E-state index contributed by atoms with van der Waals surface area (Å²) in [5.41, 5.74) is 5.37. The number of phosphoric ester groups is 1. The number of hydrogen-bond donors (Lipinski definition) is 3. The zero-order valence-corrected chi connectivity index (χ0v) is 41.4. The molecule has 0 amide bonds. The summed E-state index contributed by atoms with van der Waals surface area (Å²) in [6.45, 7) is 3.64. The number of nitrogens with two attached hydrogens (primary N) is 1. The summed E-state index contributed by atoms with van der Waals surface area (Å²) in [5, 5.41) is 8.93. The smallest absolute Gasteiger partial charge is 0.472 e. The first-order valence-corrected chi connectivity index (χ1v) is 26.4. The molecule has 0 heterocycles. The Morgan fingerprint density at radius 1 is 0.508 bits per heavy atom. The van der Waals surface area contributed by atoms with Gasteiger partial charge in [0, 0.05) is 13.0 Å². The highest BCUT2D eigenvalue weighted by atomic mass is 31.2. The summed E-state index contributed by atoms with van der Waals surface area (Å²) in [7, 11) is -4.64. The van der Waals surface area contributed by atoms with Crippen LogP contribution >= 0.6 is 7.82 Å². The van der Waals surface area contributed by atoms with Crippen LogP contribution in [0.15, 0.2) is 109 Å². The van der Waals surface area contributed by atoms with Gasteiger partial charge >= 0.3 is 19.8 Å². The zero-order chi connectivity index (χ0) is 47.6. The third-order valence-corrected chi connectivity index (χ3v) is 11.0. The van der Waals surface area contributed by atoms with E-state index in [1.807, 2.05) is 0 Å². The quantitative estimate of drug-likeness (QED) is 0.0233. The third-order valence-electron chi connectivity index (χ3n) is 10.0. The largest absolute Gasteiger partial charge is 0.480 e. The zero-order valence-electron chi connectivity index (χ0n) is 40.5. The highest BCUT2D eigenvalue weighted by Crippen LogP contribution is 2.43. The highest BCUT2D eigenvalue weighted by Gasteiger charge is 2.27. The lowest BCUT2D eigenvalue weighted by molar-refractivity contribution is -0.154. The number of aliphatic carboxylic acids is 1. The average Bonchev–Trinajstić information content (AvgIpc) is 3.29. The van der Waals surface area contributed by atoms with Crippen LogP contribution in [-0.4, -0.2) is 60.5 Å². The topological polar surface area (TPSA) is 155 Å². The molecule has 0 saturated carbocycles. The van der Waals surface area contributed by atoms with E-state index >= 15 is 0 Å². The molecule has 0 aliphatic carbocycles. The first-order valence-electron chi connectivity index (χ1n) is 24.9. The van der Waals surface area contributed by atoms with Crippen molar-refractivity contribution in [3.8, 4) is 0 Å². The summed E-state index contributed by atoms with van der Waals surface area (Å²) in [4.78, 5) is 33.7. The molecule has 10 nitrogen and oxygen atoms in total. The molecular weight excluding hydrogens is 838 g/mol. The average molecular weight is 928 g/mol. The van der Waals surface area contributed by atoms with E-state index in [-0.39, 0.29) is 13.0 Å². The van der Waals surface area contributed by atoms with Crippen molar-refractivity contribution in [3.05, 3.63) is 109 Å². The van der Waals surface area contributed by atoms with Crippen molar-refractivity contribution in [1.82, 2.24) is 0 Å². The Hall–Kier alpha value is -3.37. The van der Waals surface area contributed by atoms with Crippen molar-refractivity contribution in [2.75, 3.05) is 26.4 Å². The Morgan fingerprint density at radius 2 is 0.892 bits per heavy atom. The molecule has 0 aromatic heterocycles. The molecule has 0 radical (unpaired) electrons. The number of rotatable bonds is 46. The summed E-state index contributed by atoms with van der Waals surface area (Å²) >= 11 is 0. The van der Waals surface area contributed by atoms with E-state index in [1.165, 1.54) is 38.5 Å². The maximum Gasteiger partial charge on any atom is 0.472 e. The number of carboxylic acids is 1. The Labute approximate surface area is 395 Å². The molecule has 0 aliphatic rings. The second-order valence-corrected chi connectivity index (χ2v) is 17.7. The van der Waals surface area contributed by atoms with Gasteiger partial charge in [-0.25, -0.2) is 4.57 Å². The lowest BCUT2D eigenvalue weighted by Gasteiger charge is -2.20. The van der Waals surface area contributed by atoms with Crippen LogP contribution in [0.4, 0.5) is 0 Å². The number of hydrogen-bond acceptors (Lipinski definition) is 8. The normalized spacial score (nSPS) is 14.6. The fourth-order valence-electron chi connectivity index (χ4n) is 6.20. The minimum atomic E-state index is -4.64. The van der Waals surface area contributed by atoms with E-state index in [9.17, 15) is 19.0 Å². The van der Waals surface area contributed by atoms with Gasteiger partial charge in [0.05, 0.1) is 19.8 Å². The Morgan fingerprint density at radius 3 is 1.34 bits per heavy atom. The minimum absolute atomic E-state index is 0.0189. The predicted octanol–water partition coefficient (Wildman–Crippen LogP) is 14.6. The van der Waals surface area contributed by atoms with Gasteiger partial charge in [0.2, 0.25) is 0 Å². The molecule has 0 spiro atoms. The molecule has 3 atom stereocenters. The monoisotopic (exact) mass is 928 g/mol. The van der Waals surface area contributed by atoms with Crippen molar-refractivity contribution >= 4 is 19.8 Å². The highest BCUT2D eigenvalue weighted by molar-refractivity contribution is 7.47. The van der Waals surface area contributed by atoms with Crippen LogP contribution < -0.4 is 5.73 Å². The van der Waals surface area contributed by atoms with E-state index in [0.717, 1.165) is 116 Å². The van der Waals surface area contributed by atoms with Crippen molar-refractivity contribution in [3.63, 3.8) is 0 Å². The summed E-state index contributed by atoms with van der Waals surface area (Å²) in [6.07, 6.45) is 65.7. The molecule has 0 saturated heterocycles. The van der Waals surface area contributed by atoms with Crippen LogP contribution in [0.1, 0.15) is 181 Å². The number of carboxylic acid groups (broad SMARTS) is 1. The lowest BCUT2D eigenvalue weighted by atomic mass is 10.1. The number of esters is 1. The van der Waals surface area contributed by atoms with Crippen LogP contribution in [0.2, 0.25) is 0 Å². The molecule has 4 N–H and O–H groups in total. The molecule has 0 aromatic rings. The number of carbonyl (C=O) groups excluding carboxylic acids is 1. The van der Waals surface area contributed by atoms with Gasteiger partial charge in [-0.05, 0) is 103 Å². The molecular formula is C54H90NO9P. The summed E-state index contributed by atoms with van der Waals surface area (Å²) < 4.78 is 33.4. The number of ether oxygens (including phenoxy) is 2.